The Balaban J connectivity index is 1.20. The highest BCUT2D eigenvalue weighted by Crippen LogP contribution is 2.46. The van der Waals surface area contributed by atoms with Crippen LogP contribution in [0, 0.1) is 24.0 Å². The maximum atomic E-state index is 17.7. The second-order valence-corrected chi connectivity index (χ2v) is 15.9. The van der Waals surface area contributed by atoms with E-state index < -0.39 is 35.9 Å². The van der Waals surface area contributed by atoms with Gasteiger partial charge in [-0.25, -0.2) is 13.2 Å². The number of aromatic nitrogens is 4. The summed E-state index contributed by atoms with van der Waals surface area (Å²) in [5.41, 5.74) is -0.649. The molecular weight excluding hydrogens is 752 g/mol. The Morgan fingerprint density at radius 3 is 2.60 bits per heavy atom. The van der Waals surface area contributed by atoms with E-state index in [4.69, 9.17) is 16.1 Å². The molecule has 1 amide bonds. The molecule has 298 valence electrons. The van der Waals surface area contributed by atoms with Crippen LogP contribution in [0.25, 0.3) is 43.7 Å². The lowest BCUT2D eigenvalue weighted by Gasteiger charge is -2.42. The van der Waals surface area contributed by atoms with Crippen molar-refractivity contribution in [1.82, 2.24) is 29.5 Å². The Morgan fingerprint density at radius 1 is 1.09 bits per heavy atom. The number of fused-ring (bicyclic) bond motifs is 7. The van der Waals surface area contributed by atoms with Crippen molar-refractivity contribution in [1.29, 1.82) is 0 Å². The number of piperazine rings is 1. The van der Waals surface area contributed by atoms with Gasteiger partial charge in [0.15, 0.2) is 5.82 Å². The Morgan fingerprint density at radius 2 is 1.86 bits per heavy atom. The molecule has 4 saturated heterocycles. The first-order chi connectivity index (χ1) is 27.2. The van der Waals surface area contributed by atoms with E-state index in [1.54, 1.807) is 18.1 Å². The van der Waals surface area contributed by atoms with E-state index in [0.717, 1.165) is 13.0 Å². The van der Waals surface area contributed by atoms with Crippen molar-refractivity contribution in [2.24, 2.45) is 7.05 Å². The quantitative estimate of drug-likeness (QED) is 0.131. The van der Waals surface area contributed by atoms with Gasteiger partial charge in [-0.15, -0.1) is 6.42 Å². The zero-order valence-electron chi connectivity index (χ0n) is 31.1. The van der Waals surface area contributed by atoms with E-state index in [1.165, 1.54) is 28.9 Å². The molecule has 16 heteroatoms. The van der Waals surface area contributed by atoms with Crippen LogP contribution in [-0.4, -0.2) is 103 Å². The molecule has 0 radical (unpaired) electrons. The number of ether oxygens (including phenoxy) is 1. The number of phenols is 1. The summed E-state index contributed by atoms with van der Waals surface area (Å²) >= 11 is 0. The number of halogens is 6. The zero-order chi connectivity index (χ0) is 40.0. The number of alkyl halides is 4. The molecule has 5 aromatic rings. The van der Waals surface area contributed by atoms with Gasteiger partial charge in [0.1, 0.15) is 41.2 Å². The van der Waals surface area contributed by atoms with Crippen LogP contribution in [0.3, 0.4) is 0 Å². The maximum absolute atomic E-state index is 17.7. The molecule has 57 heavy (non-hydrogen) atoms. The number of anilines is 1. The lowest BCUT2D eigenvalue weighted by atomic mass is 9.91. The summed E-state index contributed by atoms with van der Waals surface area (Å²) in [7, 11) is 1.66. The van der Waals surface area contributed by atoms with Crippen molar-refractivity contribution in [3.63, 3.8) is 0 Å². The number of terminal acetylenes is 1. The maximum Gasteiger partial charge on any atom is 0.389 e. The first-order valence-corrected chi connectivity index (χ1v) is 19.2. The number of carbonyl (C=O) groups is 1. The molecule has 9 rings (SSSR count). The smallest absolute Gasteiger partial charge is 0.389 e. The lowest BCUT2D eigenvalue weighted by molar-refractivity contribution is -0.141. The fourth-order valence-corrected chi connectivity index (χ4v) is 9.92. The summed E-state index contributed by atoms with van der Waals surface area (Å²) < 4.78 is 94.2. The number of amides is 1. The van der Waals surface area contributed by atoms with Gasteiger partial charge in [0.05, 0.1) is 16.5 Å². The first kappa shape index (κ1) is 37.3. The van der Waals surface area contributed by atoms with Gasteiger partial charge in [0.25, 0.3) is 0 Å². The van der Waals surface area contributed by atoms with E-state index in [9.17, 15) is 27.5 Å². The van der Waals surface area contributed by atoms with Crippen molar-refractivity contribution in [2.75, 3.05) is 37.7 Å². The Hall–Kier alpha value is -5.30. The van der Waals surface area contributed by atoms with Crippen molar-refractivity contribution in [3.8, 4) is 35.2 Å². The highest BCUT2D eigenvalue weighted by molar-refractivity contribution is 6.18. The Bertz CT molecular complexity index is 2490. The predicted octanol–water partition coefficient (Wildman–Crippen LogP) is 7.17. The van der Waals surface area contributed by atoms with Crippen LogP contribution >= 0.6 is 0 Å². The molecule has 0 spiro atoms. The molecule has 4 atom stereocenters. The number of hydrogen-bond acceptors (Lipinski definition) is 8. The monoisotopic (exact) mass is 791 g/mol. The SMILES string of the molecule is C#Cc1c(F)ccc2cc(O)cc(-c3c(F)c4nc(OC[C@@]56CCCN5C[C@H](F)C6)nc(N5C[C@H]6CC[C@@H](C5)N6C(=O)CCCC(F)(F)F)c4c4cn(C)nc34)c12. The standard InChI is InChI=1S/C41H39F6N7O3/c1-3-27-30(43)10-7-22-14-26(55)15-28(32(22)27)33-35(44)37-34(29-20-51(2)50-36(29)33)38(49-39(48-37)57-21-40-11-5-13-53(40)17-23(42)16-40)52-18-24-8-9-25(19-52)54(24)31(56)6-4-12-41(45,46)47/h1,7,10,14-15,20,23-25,55H,4-6,8-9,11-13,16-19,21H2,2H3/t23-,24-,25+,40+/m1/s1. The van der Waals surface area contributed by atoms with Crippen molar-refractivity contribution < 1.29 is 41.0 Å². The zero-order valence-corrected chi connectivity index (χ0v) is 31.1. The summed E-state index contributed by atoms with van der Waals surface area (Å²) in [6.45, 7) is 1.62. The van der Waals surface area contributed by atoms with Gasteiger partial charge in [-0.1, -0.05) is 12.0 Å². The molecule has 4 aliphatic rings. The number of phenolic OH excluding ortho intramolecular Hbond substituents is 1. The molecule has 4 aliphatic heterocycles. The topological polar surface area (TPSA) is 99.9 Å². The molecule has 0 aliphatic carbocycles. The third kappa shape index (κ3) is 6.34. The van der Waals surface area contributed by atoms with Crippen LogP contribution in [0.1, 0.15) is 56.9 Å². The normalized spacial score (nSPS) is 23.6. The van der Waals surface area contributed by atoms with Crippen LogP contribution in [-0.2, 0) is 11.8 Å². The van der Waals surface area contributed by atoms with E-state index >= 15 is 8.78 Å². The van der Waals surface area contributed by atoms with Gasteiger partial charge < -0.3 is 19.6 Å². The minimum atomic E-state index is -4.35. The van der Waals surface area contributed by atoms with Gasteiger partial charge in [0.2, 0.25) is 5.91 Å². The third-order valence-electron chi connectivity index (χ3n) is 12.2. The third-order valence-corrected chi connectivity index (χ3v) is 12.2. The molecular formula is C41H39F6N7O3. The highest BCUT2D eigenvalue weighted by atomic mass is 19.4. The van der Waals surface area contributed by atoms with Gasteiger partial charge in [-0.05, 0) is 67.8 Å². The summed E-state index contributed by atoms with van der Waals surface area (Å²) in [6, 6.07) is 4.54. The summed E-state index contributed by atoms with van der Waals surface area (Å²) in [5.74, 6) is 0.587. The van der Waals surface area contributed by atoms with E-state index in [2.05, 4.69) is 20.9 Å². The van der Waals surface area contributed by atoms with Crippen molar-refractivity contribution >= 4 is 44.3 Å². The minimum Gasteiger partial charge on any atom is -0.508 e. The highest BCUT2D eigenvalue weighted by Gasteiger charge is 2.50. The number of carbonyl (C=O) groups excluding carboxylic acids is 1. The first-order valence-electron chi connectivity index (χ1n) is 19.2. The number of benzene rings is 3. The summed E-state index contributed by atoms with van der Waals surface area (Å²) in [4.78, 5) is 28.6. The molecule has 3 aromatic carbocycles. The number of aromatic hydroxyl groups is 1. The second kappa shape index (κ2) is 13.7. The number of aryl methyl sites for hydroxylation is 1. The number of rotatable bonds is 8. The van der Waals surface area contributed by atoms with E-state index in [0.29, 0.717) is 47.8 Å². The van der Waals surface area contributed by atoms with Crippen molar-refractivity contribution in [3.05, 3.63) is 47.7 Å². The summed E-state index contributed by atoms with van der Waals surface area (Å²) in [6.07, 6.45) is 3.66. The van der Waals surface area contributed by atoms with Crippen molar-refractivity contribution in [2.45, 2.75) is 81.3 Å². The van der Waals surface area contributed by atoms with Gasteiger partial charge in [-0.3, -0.25) is 14.4 Å². The second-order valence-electron chi connectivity index (χ2n) is 15.9. The molecule has 1 N–H and O–H groups in total. The molecule has 6 heterocycles. The number of nitrogens with zero attached hydrogens (tertiary/aromatic N) is 7. The van der Waals surface area contributed by atoms with Crippen LogP contribution in [0.15, 0.2) is 30.5 Å². The molecule has 2 bridgehead atoms. The van der Waals surface area contributed by atoms with Gasteiger partial charge in [-0.2, -0.15) is 28.2 Å². The van der Waals surface area contributed by atoms with Crippen LogP contribution in [0.4, 0.5) is 32.2 Å². The lowest BCUT2D eigenvalue weighted by Crippen LogP contribution is -2.56. The van der Waals surface area contributed by atoms with Gasteiger partial charge in [0, 0.05) is 80.6 Å². The van der Waals surface area contributed by atoms with Crippen LogP contribution in [0.2, 0.25) is 0 Å². The number of hydrogen-bond donors (Lipinski definition) is 1. The summed E-state index contributed by atoms with van der Waals surface area (Å²) in [5, 5.41) is 16.8. The average molecular weight is 792 g/mol. The fourth-order valence-electron chi connectivity index (χ4n) is 9.92. The Labute approximate surface area is 323 Å². The minimum absolute atomic E-state index is 0.0649. The van der Waals surface area contributed by atoms with Crippen LogP contribution in [0.5, 0.6) is 11.8 Å². The molecule has 4 fully saturated rings. The fraction of sp³-hybridized carbons (Fsp3) is 0.463. The van der Waals surface area contributed by atoms with Crippen LogP contribution < -0.4 is 9.64 Å². The van der Waals surface area contributed by atoms with E-state index in [1.807, 2.05) is 4.90 Å². The average Bonchev–Trinajstić information content (AvgIpc) is 3.88. The largest absolute Gasteiger partial charge is 0.508 e. The molecule has 0 unspecified atom stereocenters. The molecule has 2 aromatic heterocycles. The predicted molar refractivity (Wildman–Crippen MR) is 201 cm³/mol. The van der Waals surface area contributed by atoms with E-state index in [-0.39, 0.29) is 102 Å². The molecule has 10 nitrogen and oxygen atoms in total. The molecule has 0 saturated carbocycles. The Kier molecular flexibility index (Phi) is 8.94. The van der Waals surface area contributed by atoms with Gasteiger partial charge >= 0.3 is 12.2 Å².